The molecular weight excluding hydrogens is 316 g/mol. The number of nitrogens with zero attached hydrogens (tertiary/aromatic N) is 1. The van der Waals surface area contributed by atoms with E-state index in [1.807, 2.05) is 0 Å². The van der Waals surface area contributed by atoms with Crippen molar-refractivity contribution < 1.29 is 18.3 Å². The van der Waals surface area contributed by atoms with Gasteiger partial charge in [-0.2, -0.15) is 5.10 Å². The molecule has 0 radical (unpaired) electrons. The molecule has 6 nitrogen and oxygen atoms in total. The molecule has 0 aliphatic carbocycles. The largest absolute Gasteiger partial charge is 0.507 e. The number of phenolic OH excluding ortho intramolecular Hbond substituents is 1. The maximum absolute atomic E-state index is 11.9. The number of aromatic hydroxyl groups is 1. The summed E-state index contributed by atoms with van der Waals surface area (Å²) in [5, 5.41) is 13.6. The summed E-state index contributed by atoms with van der Waals surface area (Å²) in [6.07, 6.45) is 1.13. The third-order valence-corrected chi connectivity index (χ3v) is 4.30. The topological polar surface area (TPSA) is 95.8 Å². The molecule has 0 aliphatic rings. The molecule has 7 heteroatoms. The van der Waals surface area contributed by atoms with Gasteiger partial charge in [-0.05, 0) is 36.8 Å². The minimum absolute atomic E-state index is 0.122. The third kappa shape index (κ3) is 4.17. The summed E-state index contributed by atoms with van der Waals surface area (Å²) < 4.78 is 22.8. The van der Waals surface area contributed by atoms with Gasteiger partial charge in [0.25, 0.3) is 5.91 Å². The Bertz CT molecular complexity index is 856. The van der Waals surface area contributed by atoms with Crippen molar-refractivity contribution in [3.05, 3.63) is 59.7 Å². The van der Waals surface area contributed by atoms with Crippen LogP contribution >= 0.6 is 0 Å². The van der Waals surface area contributed by atoms with Crippen LogP contribution < -0.4 is 5.43 Å². The van der Waals surface area contributed by atoms with Gasteiger partial charge in [0.15, 0.2) is 9.84 Å². The van der Waals surface area contributed by atoms with E-state index in [1.165, 1.54) is 24.3 Å². The van der Waals surface area contributed by atoms with Gasteiger partial charge in [0.1, 0.15) is 5.75 Å². The normalized spacial score (nSPS) is 12.0. The molecule has 0 bridgehead atoms. The lowest BCUT2D eigenvalue weighted by Crippen LogP contribution is -2.19. The molecule has 2 rings (SSSR count). The van der Waals surface area contributed by atoms with Crippen molar-refractivity contribution >= 4 is 21.5 Å². The number of nitrogens with one attached hydrogen (secondary N) is 1. The standard InChI is InChI=1S/C16H16N2O4S/c1-11(12-7-9-13(10-8-12)23(2,21)22)17-18-16(20)14-5-3-4-6-15(14)19/h3-10,19H,1-2H3,(H,18,20)/b17-11-. The van der Waals surface area contributed by atoms with Crippen molar-refractivity contribution in [2.24, 2.45) is 5.10 Å². The maximum atomic E-state index is 11.9. The molecule has 0 saturated carbocycles. The van der Waals surface area contributed by atoms with E-state index in [4.69, 9.17) is 0 Å². The molecule has 0 aliphatic heterocycles. The number of hydrogen-bond acceptors (Lipinski definition) is 5. The molecule has 0 fully saturated rings. The average molecular weight is 332 g/mol. The lowest BCUT2D eigenvalue weighted by Gasteiger charge is -2.05. The summed E-state index contributed by atoms with van der Waals surface area (Å²) in [7, 11) is -3.25. The van der Waals surface area contributed by atoms with Crippen LogP contribution in [0.3, 0.4) is 0 Å². The number of para-hydroxylation sites is 1. The number of rotatable bonds is 4. The van der Waals surface area contributed by atoms with Crippen molar-refractivity contribution in [1.29, 1.82) is 0 Å². The predicted molar refractivity (Wildman–Crippen MR) is 87.3 cm³/mol. The minimum Gasteiger partial charge on any atom is -0.507 e. The number of sulfone groups is 1. The minimum atomic E-state index is -3.25. The van der Waals surface area contributed by atoms with Gasteiger partial charge in [0, 0.05) is 6.26 Å². The maximum Gasteiger partial charge on any atom is 0.275 e. The van der Waals surface area contributed by atoms with Gasteiger partial charge in [0.05, 0.1) is 16.2 Å². The first-order valence-electron chi connectivity index (χ1n) is 6.72. The lowest BCUT2D eigenvalue weighted by atomic mass is 10.1. The zero-order chi connectivity index (χ0) is 17.0. The second-order valence-corrected chi connectivity index (χ2v) is 6.97. The summed E-state index contributed by atoms with van der Waals surface area (Å²) in [4.78, 5) is 12.1. The fraction of sp³-hybridized carbons (Fsp3) is 0.125. The first kappa shape index (κ1) is 16.7. The number of hydrazone groups is 1. The van der Waals surface area contributed by atoms with Crippen molar-refractivity contribution in [3.63, 3.8) is 0 Å². The molecule has 0 spiro atoms. The van der Waals surface area contributed by atoms with E-state index in [-0.39, 0.29) is 16.2 Å². The Morgan fingerprint density at radius 1 is 1.09 bits per heavy atom. The Hall–Kier alpha value is -2.67. The van der Waals surface area contributed by atoms with Crippen LogP contribution in [0.2, 0.25) is 0 Å². The van der Waals surface area contributed by atoms with E-state index in [0.29, 0.717) is 11.3 Å². The molecule has 0 atom stereocenters. The van der Waals surface area contributed by atoms with Crippen molar-refractivity contribution in [2.75, 3.05) is 6.26 Å². The molecule has 0 saturated heterocycles. The number of carbonyl (C=O) groups excluding carboxylic acids is 1. The summed E-state index contributed by atoms with van der Waals surface area (Å²) >= 11 is 0. The molecule has 0 heterocycles. The van der Waals surface area contributed by atoms with E-state index in [1.54, 1.807) is 31.2 Å². The highest BCUT2D eigenvalue weighted by Gasteiger charge is 2.10. The number of amides is 1. The van der Waals surface area contributed by atoms with E-state index >= 15 is 0 Å². The van der Waals surface area contributed by atoms with Crippen LogP contribution in [0.4, 0.5) is 0 Å². The SMILES string of the molecule is C/C(=N/NC(=O)c1ccccc1O)c1ccc(S(C)(=O)=O)cc1. The second kappa shape index (κ2) is 6.62. The number of phenols is 1. The molecule has 120 valence electrons. The van der Waals surface area contributed by atoms with Crippen LogP contribution in [0.5, 0.6) is 5.75 Å². The summed E-state index contributed by atoms with van der Waals surface area (Å²) in [6.45, 7) is 1.68. The Balaban J connectivity index is 2.14. The summed E-state index contributed by atoms with van der Waals surface area (Å²) in [5.74, 6) is -0.662. The predicted octanol–water partition coefficient (Wildman–Crippen LogP) is 1.95. The molecule has 0 unspecified atom stereocenters. The fourth-order valence-electron chi connectivity index (χ4n) is 1.87. The molecule has 23 heavy (non-hydrogen) atoms. The molecule has 2 aromatic rings. The van der Waals surface area contributed by atoms with E-state index in [0.717, 1.165) is 6.26 Å². The quantitative estimate of drug-likeness (QED) is 0.661. The Morgan fingerprint density at radius 3 is 2.26 bits per heavy atom. The van der Waals surface area contributed by atoms with Gasteiger partial charge in [-0.3, -0.25) is 4.79 Å². The number of benzene rings is 2. The zero-order valence-electron chi connectivity index (χ0n) is 12.6. The first-order chi connectivity index (χ1) is 10.8. The second-order valence-electron chi connectivity index (χ2n) is 4.95. The van der Waals surface area contributed by atoms with Crippen LogP contribution in [0.15, 0.2) is 58.5 Å². The van der Waals surface area contributed by atoms with Crippen LogP contribution in [0.25, 0.3) is 0 Å². The van der Waals surface area contributed by atoms with Gasteiger partial charge in [-0.1, -0.05) is 24.3 Å². The van der Waals surface area contributed by atoms with Crippen molar-refractivity contribution in [1.82, 2.24) is 5.43 Å². The highest BCUT2D eigenvalue weighted by atomic mass is 32.2. The fourth-order valence-corrected chi connectivity index (χ4v) is 2.50. The van der Waals surface area contributed by atoms with Crippen LogP contribution in [0, 0.1) is 0 Å². The summed E-state index contributed by atoms with van der Waals surface area (Å²) in [6, 6.07) is 12.3. The van der Waals surface area contributed by atoms with Gasteiger partial charge >= 0.3 is 0 Å². The number of carbonyl (C=O) groups is 1. The van der Waals surface area contributed by atoms with Crippen molar-refractivity contribution in [3.8, 4) is 5.75 Å². The molecule has 2 aromatic carbocycles. The van der Waals surface area contributed by atoms with Gasteiger partial charge in [0.2, 0.25) is 0 Å². The van der Waals surface area contributed by atoms with E-state index < -0.39 is 15.7 Å². The van der Waals surface area contributed by atoms with Crippen LogP contribution in [-0.2, 0) is 9.84 Å². The highest BCUT2D eigenvalue weighted by molar-refractivity contribution is 7.90. The van der Waals surface area contributed by atoms with Gasteiger partial charge in [-0.15, -0.1) is 0 Å². The highest BCUT2D eigenvalue weighted by Crippen LogP contribution is 2.15. The average Bonchev–Trinajstić information content (AvgIpc) is 2.52. The van der Waals surface area contributed by atoms with Crippen LogP contribution in [0.1, 0.15) is 22.8 Å². The molecule has 0 aromatic heterocycles. The third-order valence-electron chi connectivity index (χ3n) is 3.17. The summed E-state index contributed by atoms with van der Waals surface area (Å²) in [5.41, 5.74) is 3.66. The molecule has 1 amide bonds. The van der Waals surface area contributed by atoms with E-state index in [9.17, 15) is 18.3 Å². The zero-order valence-corrected chi connectivity index (χ0v) is 13.5. The van der Waals surface area contributed by atoms with Crippen LogP contribution in [-0.4, -0.2) is 31.4 Å². The Labute approximate surface area is 134 Å². The Morgan fingerprint density at radius 2 is 1.70 bits per heavy atom. The van der Waals surface area contributed by atoms with Crippen molar-refractivity contribution in [2.45, 2.75) is 11.8 Å². The lowest BCUT2D eigenvalue weighted by molar-refractivity contribution is 0.0952. The van der Waals surface area contributed by atoms with Gasteiger partial charge in [-0.25, -0.2) is 13.8 Å². The van der Waals surface area contributed by atoms with E-state index in [2.05, 4.69) is 10.5 Å². The number of hydrogen-bond donors (Lipinski definition) is 2. The first-order valence-corrected chi connectivity index (χ1v) is 8.61. The monoisotopic (exact) mass is 332 g/mol. The smallest absolute Gasteiger partial charge is 0.275 e. The Kier molecular flexibility index (Phi) is 4.80. The van der Waals surface area contributed by atoms with Gasteiger partial charge < -0.3 is 5.11 Å². The molecule has 2 N–H and O–H groups in total. The molecular formula is C16H16N2O4S.